The van der Waals surface area contributed by atoms with Gasteiger partial charge >= 0.3 is 0 Å². The number of carbonyl (C=O) groups is 1. The van der Waals surface area contributed by atoms with Gasteiger partial charge in [0.1, 0.15) is 0 Å². The highest BCUT2D eigenvalue weighted by Crippen LogP contribution is 2.52. The first-order valence-corrected chi connectivity index (χ1v) is 8.36. The van der Waals surface area contributed by atoms with Gasteiger partial charge in [0, 0.05) is 18.2 Å². The Balaban J connectivity index is 1.70. The second kappa shape index (κ2) is 5.34. The number of hydrogen-bond acceptors (Lipinski definition) is 2. The van der Waals surface area contributed by atoms with E-state index in [2.05, 4.69) is 31.0 Å². The normalized spacial score (nSPS) is 29.2. The SMILES string of the molecule is CC1(C)C[C@H]2C[C@](C)(CN2C(=S)NC(=O)c2ccccc2)C1. The fourth-order valence-corrected chi connectivity index (χ4v) is 4.83. The maximum Gasteiger partial charge on any atom is 0.257 e. The third kappa shape index (κ3) is 3.02. The highest BCUT2D eigenvalue weighted by Gasteiger charge is 2.50. The van der Waals surface area contributed by atoms with Crippen LogP contribution in [0.4, 0.5) is 0 Å². The molecule has 3 rings (SSSR count). The van der Waals surface area contributed by atoms with Crippen molar-refractivity contribution in [1.29, 1.82) is 0 Å². The quantitative estimate of drug-likeness (QED) is 0.804. The summed E-state index contributed by atoms with van der Waals surface area (Å²) in [6, 6.07) is 9.71. The average molecular weight is 316 g/mol. The fourth-order valence-electron chi connectivity index (χ4n) is 4.53. The van der Waals surface area contributed by atoms with Crippen molar-refractivity contribution in [3.05, 3.63) is 35.9 Å². The number of rotatable bonds is 1. The minimum Gasteiger partial charge on any atom is -0.345 e. The molecule has 1 aromatic carbocycles. The Bertz CT molecular complexity index is 598. The minimum atomic E-state index is -0.114. The largest absolute Gasteiger partial charge is 0.345 e. The molecule has 0 aromatic heterocycles. The summed E-state index contributed by atoms with van der Waals surface area (Å²) in [5.74, 6) is -0.114. The first kappa shape index (κ1) is 15.5. The molecule has 118 valence electrons. The molecule has 1 saturated heterocycles. The van der Waals surface area contributed by atoms with Gasteiger partial charge in [-0.05, 0) is 54.4 Å². The second-order valence-electron chi connectivity index (χ2n) is 7.97. The Labute approximate surface area is 138 Å². The van der Waals surface area contributed by atoms with Crippen LogP contribution in [-0.2, 0) is 0 Å². The lowest BCUT2D eigenvalue weighted by molar-refractivity contribution is 0.0972. The van der Waals surface area contributed by atoms with Gasteiger partial charge in [0.15, 0.2) is 5.11 Å². The molecular formula is C18H24N2OS. The monoisotopic (exact) mass is 316 g/mol. The van der Waals surface area contributed by atoms with Crippen LogP contribution in [0, 0.1) is 10.8 Å². The van der Waals surface area contributed by atoms with Crippen molar-refractivity contribution in [1.82, 2.24) is 10.2 Å². The number of thiocarbonyl (C=S) groups is 1. The number of hydrogen-bond donors (Lipinski definition) is 1. The molecule has 1 saturated carbocycles. The number of fused-ring (bicyclic) bond motifs is 2. The highest BCUT2D eigenvalue weighted by molar-refractivity contribution is 7.80. The van der Waals surface area contributed by atoms with Gasteiger partial charge in [-0.2, -0.15) is 0 Å². The van der Waals surface area contributed by atoms with Crippen molar-refractivity contribution in [2.75, 3.05) is 6.54 Å². The van der Waals surface area contributed by atoms with E-state index in [9.17, 15) is 4.79 Å². The van der Waals surface area contributed by atoms with Crippen molar-refractivity contribution in [3.63, 3.8) is 0 Å². The molecule has 0 unspecified atom stereocenters. The summed E-state index contributed by atoms with van der Waals surface area (Å²) in [6.45, 7) is 7.98. The summed E-state index contributed by atoms with van der Waals surface area (Å²) in [7, 11) is 0. The molecular weight excluding hydrogens is 292 g/mol. The maximum atomic E-state index is 12.3. The van der Waals surface area contributed by atoms with E-state index in [1.54, 1.807) is 0 Å². The van der Waals surface area contributed by atoms with E-state index >= 15 is 0 Å². The van der Waals surface area contributed by atoms with Gasteiger partial charge in [-0.25, -0.2) is 0 Å². The van der Waals surface area contributed by atoms with Gasteiger partial charge < -0.3 is 4.90 Å². The molecule has 1 aliphatic heterocycles. The lowest BCUT2D eigenvalue weighted by Crippen LogP contribution is -2.45. The molecule has 0 spiro atoms. The van der Waals surface area contributed by atoms with Gasteiger partial charge in [-0.3, -0.25) is 10.1 Å². The molecule has 2 fully saturated rings. The number of nitrogens with one attached hydrogen (secondary N) is 1. The van der Waals surface area contributed by atoms with Gasteiger partial charge in [-0.1, -0.05) is 39.0 Å². The van der Waals surface area contributed by atoms with Crippen LogP contribution in [0.15, 0.2) is 30.3 Å². The van der Waals surface area contributed by atoms with Crippen LogP contribution in [0.2, 0.25) is 0 Å². The molecule has 3 nitrogen and oxygen atoms in total. The van der Waals surface area contributed by atoms with Crippen LogP contribution >= 0.6 is 12.2 Å². The number of nitrogens with zero attached hydrogens (tertiary/aromatic N) is 1. The van der Waals surface area contributed by atoms with Gasteiger partial charge in [0.25, 0.3) is 5.91 Å². The number of likely N-dealkylation sites (tertiary alicyclic amines) is 1. The first-order chi connectivity index (χ1) is 10.3. The number of benzene rings is 1. The van der Waals surface area contributed by atoms with Crippen molar-refractivity contribution in [2.24, 2.45) is 10.8 Å². The molecule has 22 heavy (non-hydrogen) atoms. The Kier molecular flexibility index (Phi) is 3.76. The third-order valence-electron chi connectivity index (χ3n) is 4.93. The summed E-state index contributed by atoms with van der Waals surface area (Å²) >= 11 is 5.53. The maximum absolute atomic E-state index is 12.3. The summed E-state index contributed by atoms with van der Waals surface area (Å²) < 4.78 is 0. The summed E-state index contributed by atoms with van der Waals surface area (Å²) in [5.41, 5.74) is 1.32. The third-order valence-corrected chi connectivity index (χ3v) is 5.27. The Morgan fingerprint density at radius 2 is 1.91 bits per heavy atom. The van der Waals surface area contributed by atoms with Gasteiger partial charge in [0.05, 0.1) is 0 Å². The zero-order chi connectivity index (χ0) is 16.0. The zero-order valence-electron chi connectivity index (χ0n) is 13.6. The van der Waals surface area contributed by atoms with Gasteiger partial charge in [0.2, 0.25) is 0 Å². The van der Waals surface area contributed by atoms with E-state index in [-0.39, 0.29) is 5.91 Å². The molecule has 1 aromatic rings. The Morgan fingerprint density at radius 3 is 2.59 bits per heavy atom. The highest BCUT2D eigenvalue weighted by atomic mass is 32.1. The zero-order valence-corrected chi connectivity index (χ0v) is 14.4. The van der Waals surface area contributed by atoms with E-state index in [0.717, 1.165) is 13.0 Å². The molecule has 2 bridgehead atoms. The molecule has 2 aliphatic rings. The van der Waals surface area contributed by atoms with Crippen LogP contribution in [0.1, 0.15) is 50.4 Å². The molecule has 0 radical (unpaired) electrons. The number of amides is 1. The Hall–Kier alpha value is -1.42. The molecule has 1 heterocycles. The minimum absolute atomic E-state index is 0.114. The molecule has 2 atom stereocenters. The van der Waals surface area contributed by atoms with Crippen molar-refractivity contribution in [3.8, 4) is 0 Å². The molecule has 1 aliphatic carbocycles. The molecule has 1 N–H and O–H groups in total. The smallest absolute Gasteiger partial charge is 0.257 e. The fraction of sp³-hybridized carbons (Fsp3) is 0.556. The standard InChI is InChI=1S/C18H24N2OS/c1-17(2)9-14-10-18(3,11-17)12-20(14)16(22)19-15(21)13-7-5-4-6-8-13/h4-8,14H,9-12H2,1-3H3,(H,19,21,22)/t14-,18-/m0/s1. The van der Waals surface area contributed by atoms with E-state index in [4.69, 9.17) is 12.2 Å². The number of carbonyl (C=O) groups excluding carboxylic acids is 1. The van der Waals surface area contributed by atoms with Crippen LogP contribution in [0.5, 0.6) is 0 Å². The first-order valence-electron chi connectivity index (χ1n) is 7.95. The lowest BCUT2D eigenvalue weighted by atomic mass is 9.65. The van der Waals surface area contributed by atoms with Crippen LogP contribution in [0.25, 0.3) is 0 Å². The van der Waals surface area contributed by atoms with E-state index < -0.39 is 0 Å². The summed E-state index contributed by atoms with van der Waals surface area (Å²) in [6.07, 6.45) is 3.55. The van der Waals surface area contributed by atoms with Crippen molar-refractivity contribution >= 4 is 23.2 Å². The van der Waals surface area contributed by atoms with Crippen LogP contribution in [-0.4, -0.2) is 28.5 Å². The van der Waals surface area contributed by atoms with Crippen LogP contribution < -0.4 is 5.32 Å². The second-order valence-corrected chi connectivity index (χ2v) is 8.35. The lowest BCUT2D eigenvalue weighted by Gasteiger charge is -2.39. The predicted octanol–water partition coefficient (Wildman–Crippen LogP) is 3.60. The predicted molar refractivity (Wildman–Crippen MR) is 92.7 cm³/mol. The van der Waals surface area contributed by atoms with E-state index in [0.29, 0.717) is 27.5 Å². The average Bonchev–Trinajstić information content (AvgIpc) is 2.69. The molecule has 4 heteroatoms. The topological polar surface area (TPSA) is 32.3 Å². The van der Waals surface area contributed by atoms with Crippen molar-refractivity contribution < 1.29 is 4.79 Å². The van der Waals surface area contributed by atoms with Crippen LogP contribution in [0.3, 0.4) is 0 Å². The Morgan fingerprint density at radius 1 is 1.23 bits per heavy atom. The van der Waals surface area contributed by atoms with Crippen molar-refractivity contribution in [2.45, 2.75) is 46.1 Å². The summed E-state index contributed by atoms with van der Waals surface area (Å²) in [5, 5.41) is 3.50. The van der Waals surface area contributed by atoms with E-state index in [1.165, 1.54) is 12.8 Å². The van der Waals surface area contributed by atoms with E-state index in [1.807, 2.05) is 30.3 Å². The molecule has 1 amide bonds. The summed E-state index contributed by atoms with van der Waals surface area (Å²) in [4.78, 5) is 14.5. The van der Waals surface area contributed by atoms with Gasteiger partial charge in [-0.15, -0.1) is 0 Å².